The number of hydrogen-bond donors (Lipinski definition) is 2. The maximum Gasteiger partial charge on any atom is 0.309 e. The number of halogens is 2. The third-order valence-corrected chi connectivity index (χ3v) is 5.09. The fourth-order valence-electron chi connectivity index (χ4n) is 1.87. The Morgan fingerprint density at radius 3 is 2.58 bits per heavy atom. The molecule has 0 heterocycles. The van der Waals surface area contributed by atoms with Gasteiger partial charge in [-0.1, -0.05) is 20.4 Å². The molecular formula is C16H26F2N4O2S2. The first-order chi connectivity index (χ1) is 12.3. The van der Waals surface area contributed by atoms with Crippen LogP contribution in [0.2, 0.25) is 0 Å². The number of aliphatic imine (C=N–C) groups is 1. The van der Waals surface area contributed by atoms with E-state index in [9.17, 15) is 17.7 Å². The monoisotopic (exact) mass is 408 g/mol. The van der Waals surface area contributed by atoms with Crippen molar-refractivity contribution in [2.45, 2.75) is 46.5 Å². The second-order valence-electron chi connectivity index (χ2n) is 5.80. The smallest absolute Gasteiger partial charge is 0.309 e. The molecule has 0 aromatic heterocycles. The Kier molecular flexibility index (Phi) is 12.8. The van der Waals surface area contributed by atoms with E-state index in [2.05, 4.69) is 22.1 Å². The molecule has 2 atom stereocenters. The van der Waals surface area contributed by atoms with E-state index >= 15 is 0 Å². The summed E-state index contributed by atoms with van der Waals surface area (Å²) in [6.07, 6.45) is 9.02. The summed E-state index contributed by atoms with van der Waals surface area (Å²) >= 11 is -0.656. The number of carboxylic acid groups (broad SMARTS) is 1. The highest BCUT2D eigenvalue weighted by Gasteiger charge is 2.31. The van der Waals surface area contributed by atoms with Crippen molar-refractivity contribution in [3.63, 3.8) is 0 Å². The van der Waals surface area contributed by atoms with Gasteiger partial charge in [0.05, 0.1) is 5.41 Å². The first-order valence-corrected chi connectivity index (χ1v) is 9.46. The second kappa shape index (κ2) is 13.6. The number of aliphatic carboxylic acids is 1. The van der Waals surface area contributed by atoms with E-state index in [1.165, 1.54) is 12.4 Å². The van der Waals surface area contributed by atoms with Crippen molar-refractivity contribution < 1.29 is 17.7 Å². The Morgan fingerprint density at radius 2 is 2.08 bits per heavy atom. The molecule has 0 aliphatic rings. The van der Waals surface area contributed by atoms with Crippen LogP contribution in [0.4, 0.5) is 7.77 Å². The zero-order valence-corrected chi connectivity index (χ0v) is 16.8. The summed E-state index contributed by atoms with van der Waals surface area (Å²) in [5.74, 6) is -0.633. The number of allylic oxidation sites excluding steroid dienone is 1. The number of nitrogens with one attached hydrogen (secondary N) is 1. The number of hydrazone groups is 1. The SMILES string of the molecule is C=C(N/N=C\C=C\N=CC(CC)CCC(C)(CC)C(=O)O)N(SF)SF. The Bertz CT molecular complexity index is 528. The number of carboxylic acids is 1. The van der Waals surface area contributed by atoms with Crippen molar-refractivity contribution in [2.24, 2.45) is 21.4 Å². The van der Waals surface area contributed by atoms with Crippen LogP contribution in [0.3, 0.4) is 0 Å². The molecule has 0 aliphatic carbocycles. The Morgan fingerprint density at radius 1 is 1.42 bits per heavy atom. The molecule has 0 saturated heterocycles. The molecule has 0 rings (SSSR count). The molecule has 148 valence electrons. The van der Waals surface area contributed by atoms with Crippen LogP contribution in [0.15, 0.2) is 34.8 Å². The molecule has 0 amide bonds. The minimum atomic E-state index is -0.770. The molecule has 0 fully saturated rings. The Balaban J connectivity index is 4.38. The lowest BCUT2D eigenvalue weighted by molar-refractivity contribution is -0.148. The number of nitrogens with zero attached hydrogens (tertiary/aromatic N) is 3. The van der Waals surface area contributed by atoms with Crippen molar-refractivity contribution in [3.8, 4) is 0 Å². The fourth-order valence-corrected chi connectivity index (χ4v) is 2.21. The highest BCUT2D eigenvalue weighted by molar-refractivity contribution is 8.07. The van der Waals surface area contributed by atoms with Gasteiger partial charge in [0.2, 0.25) is 0 Å². The normalized spacial score (nSPS) is 15.4. The predicted molar refractivity (Wildman–Crippen MR) is 107 cm³/mol. The minimum absolute atomic E-state index is 0.0541. The summed E-state index contributed by atoms with van der Waals surface area (Å²) < 4.78 is 25.1. The number of rotatable bonds is 14. The van der Waals surface area contributed by atoms with Gasteiger partial charge < -0.3 is 5.11 Å². The summed E-state index contributed by atoms with van der Waals surface area (Å²) in [5, 5.41) is 13.0. The van der Waals surface area contributed by atoms with Gasteiger partial charge in [-0.2, -0.15) is 8.81 Å². The van der Waals surface area contributed by atoms with E-state index in [1.807, 2.05) is 13.8 Å². The van der Waals surface area contributed by atoms with Gasteiger partial charge in [0.25, 0.3) is 0 Å². The second-order valence-corrected chi connectivity index (χ2v) is 7.04. The van der Waals surface area contributed by atoms with Crippen LogP contribution >= 0.6 is 24.7 Å². The van der Waals surface area contributed by atoms with E-state index in [1.54, 1.807) is 19.2 Å². The highest BCUT2D eigenvalue weighted by Crippen LogP contribution is 2.30. The standard InChI is InChI=1S/C16H26F2N4O2S2/c1-5-14(8-9-16(4,6-2)15(23)24)12-19-10-7-11-20-21-13(3)22(25-17)26-18/h7,10-12,14,21H,3,5-6,8-9H2,1-2,4H3,(H,23,24)/b10-7+,19-12?,20-11-. The average molecular weight is 409 g/mol. The van der Waals surface area contributed by atoms with Gasteiger partial charge in [-0.3, -0.25) is 15.2 Å². The molecule has 10 heteroatoms. The van der Waals surface area contributed by atoms with E-state index in [0.29, 0.717) is 16.6 Å². The van der Waals surface area contributed by atoms with Crippen molar-refractivity contribution >= 4 is 43.1 Å². The Hall–Kier alpha value is -1.55. The van der Waals surface area contributed by atoms with Gasteiger partial charge in [0, 0.05) is 18.6 Å². The van der Waals surface area contributed by atoms with Crippen molar-refractivity contribution in [2.75, 3.05) is 0 Å². The van der Waals surface area contributed by atoms with Gasteiger partial charge in [-0.25, -0.2) is 0 Å². The molecule has 2 N–H and O–H groups in total. The first-order valence-electron chi connectivity index (χ1n) is 8.11. The third kappa shape index (κ3) is 9.23. The largest absolute Gasteiger partial charge is 0.481 e. The maximum atomic E-state index is 12.3. The molecular weight excluding hydrogens is 382 g/mol. The van der Waals surface area contributed by atoms with Crippen LogP contribution in [0, 0.1) is 11.3 Å². The van der Waals surface area contributed by atoms with Gasteiger partial charge in [0.1, 0.15) is 5.82 Å². The molecule has 0 saturated carbocycles. The van der Waals surface area contributed by atoms with Gasteiger partial charge in [-0.05, 0) is 44.6 Å². The van der Waals surface area contributed by atoms with Gasteiger partial charge in [0.15, 0.2) is 24.7 Å². The van der Waals surface area contributed by atoms with Crippen molar-refractivity contribution in [3.05, 3.63) is 24.7 Å². The van der Waals surface area contributed by atoms with Crippen LogP contribution in [0.5, 0.6) is 0 Å². The molecule has 0 spiro atoms. The zero-order valence-electron chi connectivity index (χ0n) is 15.2. The molecule has 0 aromatic carbocycles. The summed E-state index contributed by atoms with van der Waals surface area (Å²) in [5.41, 5.74) is 1.66. The lowest BCUT2D eigenvalue weighted by atomic mass is 9.80. The van der Waals surface area contributed by atoms with Crippen molar-refractivity contribution in [1.82, 2.24) is 9.14 Å². The Labute approximate surface area is 162 Å². The van der Waals surface area contributed by atoms with Gasteiger partial charge >= 0.3 is 5.97 Å². The number of carbonyl (C=O) groups is 1. The average Bonchev–Trinajstić information content (AvgIpc) is 2.63. The molecule has 6 nitrogen and oxygen atoms in total. The molecule has 2 unspecified atom stereocenters. The minimum Gasteiger partial charge on any atom is -0.481 e. The van der Waals surface area contributed by atoms with E-state index in [-0.39, 0.29) is 36.4 Å². The summed E-state index contributed by atoms with van der Waals surface area (Å²) in [4.78, 5) is 15.5. The quantitative estimate of drug-likeness (QED) is 0.231. The fraction of sp³-hybridized carbons (Fsp3) is 0.562. The first kappa shape index (κ1) is 24.5. The van der Waals surface area contributed by atoms with Crippen LogP contribution in [-0.4, -0.2) is 27.2 Å². The van der Waals surface area contributed by atoms with E-state index in [4.69, 9.17) is 0 Å². The number of hydrogen-bond acceptors (Lipinski definition) is 7. The van der Waals surface area contributed by atoms with Crippen LogP contribution < -0.4 is 5.43 Å². The van der Waals surface area contributed by atoms with Crippen LogP contribution in [-0.2, 0) is 4.79 Å². The predicted octanol–water partition coefficient (Wildman–Crippen LogP) is 5.29. The van der Waals surface area contributed by atoms with E-state index < -0.39 is 11.4 Å². The summed E-state index contributed by atoms with van der Waals surface area (Å²) in [7, 11) is 0. The highest BCUT2D eigenvalue weighted by atomic mass is 32.3. The molecule has 0 aromatic rings. The maximum absolute atomic E-state index is 12.3. The van der Waals surface area contributed by atoms with Crippen molar-refractivity contribution in [1.29, 1.82) is 0 Å². The van der Waals surface area contributed by atoms with Crippen LogP contribution in [0.25, 0.3) is 0 Å². The van der Waals surface area contributed by atoms with Crippen LogP contribution in [0.1, 0.15) is 46.5 Å². The molecule has 0 radical (unpaired) electrons. The lowest BCUT2D eigenvalue weighted by Gasteiger charge is -2.24. The molecule has 0 aliphatic heterocycles. The molecule has 0 bridgehead atoms. The van der Waals surface area contributed by atoms with E-state index in [0.717, 1.165) is 12.8 Å². The third-order valence-electron chi connectivity index (χ3n) is 4.06. The summed E-state index contributed by atoms with van der Waals surface area (Å²) in [6, 6.07) is 0. The van der Waals surface area contributed by atoms with Gasteiger partial charge in [-0.15, -0.1) is 7.77 Å². The summed E-state index contributed by atoms with van der Waals surface area (Å²) in [6.45, 7) is 9.08. The topological polar surface area (TPSA) is 77.3 Å². The zero-order chi connectivity index (χ0) is 20.0. The molecule has 26 heavy (non-hydrogen) atoms. The lowest BCUT2D eigenvalue weighted by Crippen LogP contribution is -2.27.